The molecule has 0 aliphatic heterocycles. The molecular formula is C11H14ClN3O4. The predicted octanol–water partition coefficient (Wildman–Crippen LogP) is 2.55. The molecule has 0 aliphatic carbocycles. The van der Waals surface area contributed by atoms with E-state index in [2.05, 4.69) is 10.3 Å². The highest BCUT2D eigenvalue weighted by Gasteiger charge is 2.24. The highest BCUT2D eigenvalue weighted by atomic mass is 35.5. The van der Waals surface area contributed by atoms with Crippen LogP contribution >= 0.6 is 11.6 Å². The fraction of sp³-hybridized carbons (Fsp3) is 0.455. The van der Waals surface area contributed by atoms with Crippen LogP contribution in [0, 0.1) is 16.0 Å². The maximum Gasteiger partial charge on any atom is 0.326 e. The monoisotopic (exact) mass is 287 g/mol. The van der Waals surface area contributed by atoms with E-state index < -0.39 is 16.9 Å². The van der Waals surface area contributed by atoms with Crippen LogP contribution in [0.2, 0.25) is 5.02 Å². The SMILES string of the molecule is CC(C)CC(Nc1ncc(Cl)cc1[N+](=O)[O-])C(=O)O. The lowest BCUT2D eigenvalue weighted by molar-refractivity contribution is -0.384. The van der Waals surface area contributed by atoms with Gasteiger partial charge >= 0.3 is 11.7 Å². The van der Waals surface area contributed by atoms with E-state index in [9.17, 15) is 14.9 Å². The minimum absolute atomic E-state index is 0.0950. The highest BCUT2D eigenvalue weighted by molar-refractivity contribution is 6.30. The summed E-state index contributed by atoms with van der Waals surface area (Å²) in [6.45, 7) is 3.72. The molecule has 0 amide bonds. The molecule has 1 aromatic rings. The second-order valence-electron chi connectivity index (χ2n) is 4.44. The van der Waals surface area contributed by atoms with E-state index in [4.69, 9.17) is 16.7 Å². The third-order valence-corrected chi connectivity index (χ3v) is 2.55. The van der Waals surface area contributed by atoms with Crippen molar-refractivity contribution in [2.75, 3.05) is 5.32 Å². The molecule has 0 saturated carbocycles. The van der Waals surface area contributed by atoms with Crippen LogP contribution in [0.1, 0.15) is 20.3 Å². The second-order valence-corrected chi connectivity index (χ2v) is 4.88. The number of carbonyl (C=O) groups is 1. The molecule has 0 aromatic carbocycles. The molecule has 0 bridgehead atoms. The molecular weight excluding hydrogens is 274 g/mol. The molecule has 0 aliphatic rings. The Kier molecular flexibility index (Phi) is 5.05. The van der Waals surface area contributed by atoms with Gasteiger partial charge in [0.25, 0.3) is 0 Å². The van der Waals surface area contributed by atoms with Crippen LogP contribution in [0.3, 0.4) is 0 Å². The first kappa shape index (κ1) is 15.2. The van der Waals surface area contributed by atoms with Crippen LogP contribution < -0.4 is 5.32 Å². The van der Waals surface area contributed by atoms with Gasteiger partial charge in [-0.2, -0.15) is 0 Å². The van der Waals surface area contributed by atoms with Crippen LogP contribution in [-0.2, 0) is 4.79 Å². The van der Waals surface area contributed by atoms with Crippen molar-refractivity contribution >= 4 is 29.1 Å². The summed E-state index contributed by atoms with van der Waals surface area (Å²) in [5, 5.41) is 22.6. The number of hydrogen-bond acceptors (Lipinski definition) is 5. The van der Waals surface area contributed by atoms with Gasteiger partial charge in [0.2, 0.25) is 5.82 Å². The molecule has 0 saturated heterocycles. The summed E-state index contributed by atoms with van der Waals surface area (Å²) >= 11 is 5.63. The average Bonchev–Trinajstić information content (AvgIpc) is 2.29. The number of rotatable bonds is 6. The number of anilines is 1. The molecule has 2 N–H and O–H groups in total. The summed E-state index contributed by atoms with van der Waals surface area (Å²) in [4.78, 5) is 25.1. The summed E-state index contributed by atoms with van der Waals surface area (Å²) in [6.07, 6.45) is 1.56. The molecule has 1 unspecified atom stereocenters. The summed E-state index contributed by atoms with van der Waals surface area (Å²) in [6, 6.07) is 0.193. The number of aliphatic carboxylic acids is 1. The van der Waals surface area contributed by atoms with Gasteiger partial charge in [-0.1, -0.05) is 25.4 Å². The standard InChI is InChI=1S/C11H14ClN3O4/c1-6(2)3-8(11(16)17)14-10-9(15(18)19)4-7(12)5-13-10/h4-6,8H,3H2,1-2H3,(H,13,14)(H,16,17). The number of nitrogens with one attached hydrogen (secondary N) is 1. The molecule has 8 heteroatoms. The molecule has 7 nitrogen and oxygen atoms in total. The van der Waals surface area contributed by atoms with Crippen molar-refractivity contribution in [3.05, 3.63) is 27.4 Å². The Morgan fingerprint density at radius 1 is 1.63 bits per heavy atom. The minimum Gasteiger partial charge on any atom is -0.480 e. The molecule has 0 spiro atoms. The van der Waals surface area contributed by atoms with Gasteiger partial charge in [-0.05, 0) is 12.3 Å². The smallest absolute Gasteiger partial charge is 0.326 e. The molecule has 0 radical (unpaired) electrons. The Hall–Kier alpha value is -1.89. The van der Waals surface area contributed by atoms with E-state index in [0.717, 1.165) is 6.07 Å². The topological polar surface area (TPSA) is 105 Å². The third kappa shape index (κ3) is 4.36. The van der Waals surface area contributed by atoms with Crippen LogP contribution in [0.5, 0.6) is 0 Å². The Balaban J connectivity index is 3.02. The van der Waals surface area contributed by atoms with Crippen LogP contribution in [0.15, 0.2) is 12.3 Å². The lowest BCUT2D eigenvalue weighted by atomic mass is 10.0. The highest BCUT2D eigenvalue weighted by Crippen LogP contribution is 2.26. The van der Waals surface area contributed by atoms with Crippen molar-refractivity contribution in [1.29, 1.82) is 0 Å². The number of pyridine rings is 1. The molecule has 104 valence electrons. The van der Waals surface area contributed by atoms with Crippen molar-refractivity contribution in [2.24, 2.45) is 5.92 Å². The van der Waals surface area contributed by atoms with Crippen LogP contribution in [0.25, 0.3) is 0 Å². The van der Waals surface area contributed by atoms with Crippen molar-refractivity contribution in [1.82, 2.24) is 4.98 Å². The first-order valence-electron chi connectivity index (χ1n) is 5.60. The van der Waals surface area contributed by atoms with Gasteiger partial charge < -0.3 is 10.4 Å². The van der Waals surface area contributed by atoms with Gasteiger partial charge in [0, 0.05) is 12.3 Å². The zero-order valence-electron chi connectivity index (χ0n) is 10.5. The molecule has 1 aromatic heterocycles. The minimum atomic E-state index is -1.08. The maximum atomic E-state index is 11.1. The zero-order valence-corrected chi connectivity index (χ0v) is 11.2. The summed E-state index contributed by atoms with van der Waals surface area (Å²) in [7, 11) is 0. The van der Waals surface area contributed by atoms with Gasteiger partial charge in [0.1, 0.15) is 6.04 Å². The van der Waals surface area contributed by atoms with Gasteiger partial charge in [-0.15, -0.1) is 0 Å². The molecule has 0 fully saturated rings. The normalized spacial score (nSPS) is 12.2. The van der Waals surface area contributed by atoms with Crippen molar-refractivity contribution in [3.8, 4) is 0 Å². The average molecular weight is 288 g/mol. The summed E-state index contributed by atoms with van der Waals surface area (Å²) in [5.74, 6) is -1.05. The van der Waals surface area contributed by atoms with E-state index in [1.54, 1.807) is 0 Å². The van der Waals surface area contributed by atoms with Crippen molar-refractivity contribution in [3.63, 3.8) is 0 Å². The number of halogens is 1. The second kappa shape index (κ2) is 6.33. The molecule has 1 rings (SSSR count). The van der Waals surface area contributed by atoms with Crippen LogP contribution in [-0.4, -0.2) is 27.0 Å². The Morgan fingerprint density at radius 2 is 2.26 bits per heavy atom. The van der Waals surface area contributed by atoms with Crippen molar-refractivity contribution in [2.45, 2.75) is 26.3 Å². The summed E-state index contributed by atoms with van der Waals surface area (Å²) in [5.41, 5.74) is -0.345. The number of aromatic nitrogens is 1. The lowest BCUT2D eigenvalue weighted by Gasteiger charge is -2.16. The number of carboxylic acids is 1. The van der Waals surface area contributed by atoms with Crippen molar-refractivity contribution < 1.29 is 14.8 Å². The van der Waals surface area contributed by atoms with E-state index in [1.807, 2.05) is 13.8 Å². The predicted molar refractivity (Wildman–Crippen MR) is 70.4 cm³/mol. The van der Waals surface area contributed by atoms with E-state index in [1.165, 1.54) is 6.20 Å². The van der Waals surface area contributed by atoms with Gasteiger partial charge in [-0.25, -0.2) is 9.78 Å². The van der Waals surface area contributed by atoms with Gasteiger partial charge in [0.15, 0.2) is 0 Å². The quantitative estimate of drug-likeness (QED) is 0.615. The van der Waals surface area contributed by atoms with E-state index in [-0.39, 0.29) is 22.4 Å². The van der Waals surface area contributed by atoms with Gasteiger partial charge in [-0.3, -0.25) is 10.1 Å². The first-order chi connectivity index (χ1) is 8.81. The Morgan fingerprint density at radius 3 is 2.74 bits per heavy atom. The fourth-order valence-corrected chi connectivity index (χ4v) is 1.69. The largest absolute Gasteiger partial charge is 0.480 e. The lowest BCUT2D eigenvalue weighted by Crippen LogP contribution is -2.31. The maximum absolute atomic E-state index is 11.1. The third-order valence-electron chi connectivity index (χ3n) is 2.35. The van der Waals surface area contributed by atoms with E-state index >= 15 is 0 Å². The Bertz CT molecular complexity index is 493. The zero-order chi connectivity index (χ0) is 14.6. The first-order valence-corrected chi connectivity index (χ1v) is 5.98. The molecule has 1 heterocycles. The number of nitrogens with zero attached hydrogens (tertiary/aromatic N) is 2. The summed E-state index contributed by atoms with van der Waals surface area (Å²) < 4.78 is 0. The van der Waals surface area contributed by atoms with Crippen LogP contribution in [0.4, 0.5) is 11.5 Å². The fourth-order valence-electron chi connectivity index (χ4n) is 1.54. The van der Waals surface area contributed by atoms with Gasteiger partial charge in [0.05, 0.1) is 9.95 Å². The number of carboxylic acid groups (broad SMARTS) is 1. The Labute approximate surface area is 114 Å². The molecule has 1 atom stereocenters. The number of nitro groups is 1. The number of hydrogen-bond donors (Lipinski definition) is 2. The molecule has 19 heavy (non-hydrogen) atoms. The van der Waals surface area contributed by atoms with E-state index in [0.29, 0.717) is 6.42 Å².